The summed E-state index contributed by atoms with van der Waals surface area (Å²) in [7, 11) is -2.39. The van der Waals surface area contributed by atoms with Gasteiger partial charge in [0.1, 0.15) is 4.90 Å². The summed E-state index contributed by atoms with van der Waals surface area (Å²) < 4.78 is 35.9. The molecular weight excluding hydrogens is 354 g/mol. The third kappa shape index (κ3) is 3.60. The molecule has 1 aromatic heterocycles. The zero-order chi connectivity index (χ0) is 15.5. The fourth-order valence-electron chi connectivity index (χ4n) is 1.60. The average molecular weight is 370 g/mol. The van der Waals surface area contributed by atoms with E-state index in [1.165, 1.54) is 11.4 Å². The number of methoxy groups -OCH3 is 1. The van der Waals surface area contributed by atoms with Crippen LogP contribution < -0.4 is 0 Å². The van der Waals surface area contributed by atoms with E-state index in [-0.39, 0.29) is 28.8 Å². The van der Waals surface area contributed by atoms with Crippen molar-refractivity contribution >= 4 is 31.9 Å². The molecule has 20 heavy (non-hydrogen) atoms. The molecule has 9 heteroatoms. The molecule has 0 radical (unpaired) electrons. The molecule has 0 aliphatic carbocycles. The third-order valence-electron chi connectivity index (χ3n) is 2.54. The molecule has 0 saturated heterocycles. The first-order valence-electron chi connectivity index (χ1n) is 5.75. The quantitative estimate of drug-likeness (QED) is 0.786. The molecule has 0 aromatic carbocycles. The molecule has 0 bridgehead atoms. The lowest BCUT2D eigenvalue weighted by atomic mass is 10.4. The molecule has 7 nitrogen and oxygen atoms in total. The predicted octanol–water partition coefficient (Wildman–Crippen LogP) is 1.79. The number of ether oxygens (including phenoxy) is 1. The Kier molecular flexibility index (Phi) is 5.75. The molecule has 0 spiro atoms. The van der Waals surface area contributed by atoms with Crippen molar-refractivity contribution in [2.75, 3.05) is 20.3 Å². The third-order valence-corrected chi connectivity index (χ3v) is 5.48. The first-order chi connectivity index (χ1) is 9.21. The summed E-state index contributed by atoms with van der Waals surface area (Å²) in [5.41, 5.74) is 0. The van der Waals surface area contributed by atoms with Crippen molar-refractivity contribution in [3.63, 3.8) is 0 Å². The second-order valence-corrected chi connectivity index (χ2v) is 6.84. The molecule has 0 atom stereocenters. The molecule has 0 fully saturated rings. The van der Waals surface area contributed by atoms with E-state index in [1.54, 1.807) is 13.8 Å². The van der Waals surface area contributed by atoms with Crippen molar-refractivity contribution in [2.45, 2.75) is 24.8 Å². The lowest BCUT2D eigenvalue weighted by Crippen LogP contribution is -2.39. The Morgan fingerprint density at radius 3 is 2.55 bits per heavy atom. The van der Waals surface area contributed by atoms with E-state index in [2.05, 4.69) is 15.9 Å². The standard InChI is InChI=1S/C11H16BrNO6S/c1-7(2)13(4-5-18-3)20(16,17)9-6-8(11(14)15)19-10(9)12/h6-7H,4-5H2,1-3H3,(H,14,15). The number of carboxylic acid groups (broad SMARTS) is 1. The van der Waals surface area contributed by atoms with Crippen LogP contribution in [0.15, 0.2) is 20.0 Å². The number of hydrogen-bond donors (Lipinski definition) is 1. The van der Waals surface area contributed by atoms with Gasteiger partial charge < -0.3 is 14.3 Å². The topological polar surface area (TPSA) is 97.0 Å². The minimum Gasteiger partial charge on any atom is -0.475 e. The maximum absolute atomic E-state index is 12.5. The molecule has 1 heterocycles. The van der Waals surface area contributed by atoms with Crippen LogP contribution in [0.1, 0.15) is 24.4 Å². The molecule has 1 aromatic rings. The molecule has 0 aliphatic rings. The Bertz CT molecular complexity index is 580. The Balaban J connectivity index is 3.22. The number of nitrogens with zero attached hydrogens (tertiary/aromatic N) is 1. The summed E-state index contributed by atoms with van der Waals surface area (Å²) in [5, 5.41) is 8.83. The van der Waals surface area contributed by atoms with Crippen molar-refractivity contribution in [3.05, 3.63) is 16.5 Å². The van der Waals surface area contributed by atoms with Gasteiger partial charge in [-0.1, -0.05) is 0 Å². The van der Waals surface area contributed by atoms with Crippen LogP contribution >= 0.6 is 15.9 Å². The highest BCUT2D eigenvalue weighted by molar-refractivity contribution is 9.10. The van der Waals surface area contributed by atoms with Gasteiger partial charge in [-0.25, -0.2) is 13.2 Å². The van der Waals surface area contributed by atoms with Gasteiger partial charge in [0.25, 0.3) is 0 Å². The molecule has 0 amide bonds. The van der Waals surface area contributed by atoms with Crippen LogP contribution in [0.3, 0.4) is 0 Å². The predicted molar refractivity (Wildman–Crippen MR) is 74.3 cm³/mol. The van der Waals surface area contributed by atoms with E-state index in [0.717, 1.165) is 6.07 Å². The van der Waals surface area contributed by atoms with Crippen LogP contribution in [0.2, 0.25) is 0 Å². The monoisotopic (exact) mass is 369 g/mol. The van der Waals surface area contributed by atoms with Gasteiger partial charge in [-0.05, 0) is 29.8 Å². The number of aromatic carboxylic acids is 1. The molecule has 0 aliphatic heterocycles. The fraction of sp³-hybridized carbons (Fsp3) is 0.545. The molecule has 114 valence electrons. The molecule has 0 saturated carbocycles. The minimum atomic E-state index is -3.87. The highest BCUT2D eigenvalue weighted by Gasteiger charge is 2.32. The molecular formula is C11H16BrNO6S. The summed E-state index contributed by atoms with van der Waals surface area (Å²) in [6.07, 6.45) is 0. The summed E-state index contributed by atoms with van der Waals surface area (Å²) in [6, 6.07) is 0.689. The highest BCUT2D eigenvalue weighted by Crippen LogP contribution is 2.29. The number of sulfonamides is 1. The van der Waals surface area contributed by atoms with Crippen LogP contribution in [0.5, 0.6) is 0 Å². The SMILES string of the molecule is COCCN(C(C)C)S(=O)(=O)c1cc(C(=O)O)oc1Br. The van der Waals surface area contributed by atoms with Gasteiger partial charge in [0.15, 0.2) is 4.67 Å². The van der Waals surface area contributed by atoms with Gasteiger partial charge in [0.2, 0.25) is 15.8 Å². The Labute approximate surface area is 125 Å². The normalized spacial score (nSPS) is 12.3. The van der Waals surface area contributed by atoms with Crippen LogP contribution in [-0.4, -0.2) is 50.1 Å². The van der Waals surface area contributed by atoms with Crippen molar-refractivity contribution < 1.29 is 27.5 Å². The maximum Gasteiger partial charge on any atom is 0.371 e. The summed E-state index contributed by atoms with van der Waals surface area (Å²) >= 11 is 2.94. The van der Waals surface area contributed by atoms with E-state index in [4.69, 9.17) is 14.3 Å². The van der Waals surface area contributed by atoms with Gasteiger partial charge in [-0.3, -0.25) is 0 Å². The Hall–Kier alpha value is -0.900. The number of carboxylic acids is 1. The fourth-order valence-corrected chi connectivity index (χ4v) is 4.12. The van der Waals surface area contributed by atoms with Crippen molar-refractivity contribution in [1.29, 1.82) is 0 Å². The smallest absolute Gasteiger partial charge is 0.371 e. The van der Waals surface area contributed by atoms with E-state index in [9.17, 15) is 13.2 Å². The van der Waals surface area contributed by atoms with E-state index in [1.807, 2.05) is 0 Å². The van der Waals surface area contributed by atoms with Gasteiger partial charge in [-0.15, -0.1) is 0 Å². The highest BCUT2D eigenvalue weighted by atomic mass is 79.9. The van der Waals surface area contributed by atoms with Gasteiger partial charge in [0.05, 0.1) is 6.61 Å². The summed E-state index contributed by atoms with van der Waals surface area (Å²) in [5.74, 6) is -1.77. The lowest BCUT2D eigenvalue weighted by molar-refractivity contribution is 0.0661. The van der Waals surface area contributed by atoms with Crippen molar-refractivity contribution in [2.24, 2.45) is 0 Å². The maximum atomic E-state index is 12.5. The molecule has 0 unspecified atom stereocenters. The largest absolute Gasteiger partial charge is 0.475 e. The zero-order valence-electron chi connectivity index (χ0n) is 11.3. The Morgan fingerprint density at radius 1 is 1.55 bits per heavy atom. The van der Waals surface area contributed by atoms with Crippen LogP contribution in [-0.2, 0) is 14.8 Å². The summed E-state index contributed by atoms with van der Waals surface area (Å²) in [6.45, 7) is 3.84. The van der Waals surface area contributed by atoms with E-state index >= 15 is 0 Å². The van der Waals surface area contributed by atoms with Crippen LogP contribution in [0, 0.1) is 0 Å². The van der Waals surface area contributed by atoms with Crippen LogP contribution in [0.4, 0.5) is 0 Å². The number of rotatable bonds is 7. The van der Waals surface area contributed by atoms with E-state index < -0.39 is 21.8 Å². The Morgan fingerprint density at radius 2 is 2.15 bits per heavy atom. The second kappa shape index (κ2) is 6.70. The van der Waals surface area contributed by atoms with Gasteiger partial charge in [0, 0.05) is 25.8 Å². The number of halogens is 1. The lowest BCUT2D eigenvalue weighted by Gasteiger charge is -2.24. The van der Waals surface area contributed by atoms with Crippen LogP contribution in [0.25, 0.3) is 0 Å². The first-order valence-corrected chi connectivity index (χ1v) is 7.98. The number of hydrogen-bond acceptors (Lipinski definition) is 5. The second-order valence-electron chi connectivity index (χ2n) is 4.26. The first kappa shape index (κ1) is 17.2. The number of furan rings is 1. The average Bonchev–Trinajstić information content (AvgIpc) is 2.72. The number of carbonyl (C=O) groups is 1. The zero-order valence-corrected chi connectivity index (χ0v) is 13.7. The summed E-state index contributed by atoms with van der Waals surface area (Å²) in [4.78, 5) is 10.6. The molecule has 1 N–H and O–H groups in total. The van der Waals surface area contributed by atoms with Gasteiger partial charge >= 0.3 is 5.97 Å². The van der Waals surface area contributed by atoms with Crippen molar-refractivity contribution in [1.82, 2.24) is 4.31 Å². The van der Waals surface area contributed by atoms with Crippen molar-refractivity contribution in [3.8, 4) is 0 Å². The van der Waals surface area contributed by atoms with Gasteiger partial charge in [-0.2, -0.15) is 4.31 Å². The minimum absolute atomic E-state index is 0.127. The van der Waals surface area contributed by atoms with E-state index in [0.29, 0.717) is 0 Å². The molecule has 1 rings (SSSR count).